The Hall–Kier alpha value is -2.65. The van der Waals surface area contributed by atoms with Gasteiger partial charge in [-0.2, -0.15) is 0 Å². The molecule has 1 atom stereocenters. The number of rotatable bonds is 6. The van der Waals surface area contributed by atoms with Gasteiger partial charge in [0.05, 0.1) is 10.8 Å². The van der Waals surface area contributed by atoms with Crippen molar-refractivity contribution >= 4 is 33.3 Å². The molecule has 0 unspecified atom stereocenters. The third kappa shape index (κ3) is 4.06. The number of benzene rings is 1. The summed E-state index contributed by atoms with van der Waals surface area (Å²) in [7, 11) is -3.28. The smallest absolute Gasteiger partial charge is 0.270 e. The third-order valence-electron chi connectivity index (χ3n) is 6.31. The SMILES string of the molecule is C[C@@H](NC(=O)c1ccc2n(c1=O)CCN(CC1(S(C)(=O)=O)CC1)C2=O)c1ccc(Cl)cc1. The molecule has 4 rings (SSSR count). The molecule has 1 aliphatic heterocycles. The Morgan fingerprint density at radius 3 is 2.38 bits per heavy atom. The molecule has 10 heteroatoms. The molecule has 0 bridgehead atoms. The second-order valence-corrected chi connectivity index (χ2v) is 11.4. The Bertz CT molecular complexity index is 1250. The van der Waals surface area contributed by atoms with E-state index in [-0.39, 0.29) is 36.9 Å². The van der Waals surface area contributed by atoms with Crippen LogP contribution in [0.2, 0.25) is 5.02 Å². The highest BCUT2D eigenvalue weighted by molar-refractivity contribution is 7.92. The minimum absolute atomic E-state index is 0.0504. The number of amides is 2. The first-order valence-electron chi connectivity index (χ1n) is 10.3. The van der Waals surface area contributed by atoms with Gasteiger partial charge < -0.3 is 14.8 Å². The van der Waals surface area contributed by atoms with Gasteiger partial charge in [-0.1, -0.05) is 23.7 Å². The van der Waals surface area contributed by atoms with Gasteiger partial charge in [0, 0.05) is 30.9 Å². The van der Waals surface area contributed by atoms with E-state index < -0.39 is 32.0 Å². The molecule has 0 saturated heterocycles. The first kappa shape index (κ1) is 22.5. The predicted molar refractivity (Wildman–Crippen MR) is 121 cm³/mol. The maximum atomic E-state index is 12.9. The van der Waals surface area contributed by atoms with Crippen molar-refractivity contribution in [3.8, 4) is 0 Å². The van der Waals surface area contributed by atoms with Crippen molar-refractivity contribution in [2.24, 2.45) is 0 Å². The van der Waals surface area contributed by atoms with Crippen molar-refractivity contribution < 1.29 is 18.0 Å². The van der Waals surface area contributed by atoms with Crippen molar-refractivity contribution in [3.63, 3.8) is 0 Å². The molecule has 2 amide bonds. The van der Waals surface area contributed by atoms with Gasteiger partial charge in [0.1, 0.15) is 11.3 Å². The average Bonchev–Trinajstić information content (AvgIpc) is 3.52. The van der Waals surface area contributed by atoms with Gasteiger partial charge in [-0.3, -0.25) is 14.4 Å². The van der Waals surface area contributed by atoms with E-state index in [1.165, 1.54) is 27.9 Å². The lowest BCUT2D eigenvalue weighted by Crippen LogP contribution is -2.49. The minimum atomic E-state index is -3.28. The summed E-state index contributed by atoms with van der Waals surface area (Å²) in [5.74, 6) is -0.929. The van der Waals surface area contributed by atoms with E-state index in [9.17, 15) is 22.8 Å². The van der Waals surface area contributed by atoms with Crippen LogP contribution in [-0.2, 0) is 16.4 Å². The predicted octanol–water partition coefficient (Wildman–Crippen LogP) is 2.03. The van der Waals surface area contributed by atoms with Crippen LogP contribution >= 0.6 is 11.6 Å². The number of hydrogen-bond donors (Lipinski definition) is 1. The summed E-state index contributed by atoms with van der Waals surface area (Å²) in [5, 5.41) is 3.38. The lowest BCUT2D eigenvalue weighted by molar-refractivity contribution is 0.0695. The number of aromatic nitrogens is 1. The minimum Gasteiger partial charge on any atom is -0.345 e. The lowest BCUT2D eigenvalue weighted by Gasteiger charge is -2.32. The van der Waals surface area contributed by atoms with Crippen LogP contribution < -0.4 is 10.9 Å². The van der Waals surface area contributed by atoms with Crippen molar-refractivity contribution in [2.45, 2.75) is 37.1 Å². The number of nitrogens with one attached hydrogen (secondary N) is 1. The zero-order chi connectivity index (χ0) is 23.3. The second-order valence-electron chi connectivity index (χ2n) is 8.52. The summed E-state index contributed by atoms with van der Waals surface area (Å²) in [5.41, 5.74) is 0.408. The van der Waals surface area contributed by atoms with Crippen molar-refractivity contribution in [3.05, 3.63) is 68.6 Å². The molecule has 0 spiro atoms. The topological polar surface area (TPSA) is 106 Å². The first-order valence-corrected chi connectivity index (χ1v) is 12.6. The number of pyridine rings is 1. The Morgan fingerprint density at radius 1 is 1.12 bits per heavy atom. The molecule has 32 heavy (non-hydrogen) atoms. The fourth-order valence-electron chi connectivity index (χ4n) is 4.04. The Morgan fingerprint density at radius 2 is 1.78 bits per heavy atom. The number of hydrogen-bond acceptors (Lipinski definition) is 5. The van der Waals surface area contributed by atoms with E-state index in [4.69, 9.17) is 11.6 Å². The highest BCUT2D eigenvalue weighted by Gasteiger charge is 2.54. The zero-order valence-electron chi connectivity index (χ0n) is 17.8. The van der Waals surface area contributed by atoms with Crippen LogP contribution in [0.3, 0.4) is 0 Å². The van der Waals surface area contributed by atoms with E-state index in [0.717, 1.165) is 5.56 Å². The number of carbonyl (C=O) groups excluding carboxylic acids is 2. The largest absolute Gasteiger partial charge is 0.345 e. The molecular weight excluding hydrogens is 454 g/mol. The monoisotopic (exact) mass is 477 g/mol. The molecular formula is C22H24ClN3O5S. The quantitative estimate of drug-likeness (QED) is 0.685. The van der Waals surface area contributed by atoms with Crippen LogP contribution in [0, 0.1) is 0 Å². The van der Waals surface area contributed by atoms with E-state index in [0.29, 0.717) is 17.9 Å². The molecule has 1 aromatic carbocycles. The molecule has 170 valence electrons. The van der Waals surface area contributed by atoms with Crippen LogP contribution in [0.4, 0.5) is 0 Å². The van der Waals surface area contributed by atoms with Crippen LogP contribution in [0.1, 0.15) is 52.2 Å². The van der Waals surface area contributed by atoms with Gasteiger partial charge in [0.2, 0.25) is 0 Å². The average molecular weight is 478 g/mol. The highest BCUT2D eigenvalue weighted by atomic mass is 35.5. The van der Waals surface area contributed by atoms with Gasteiger partial charge >= 0.3 is 0 Å². The maximum Gasteiger partial charge on any atom is 0.270 e. The molecule has 2 aliphatic rings. The molecule has 1 aromatic heterocycles. The molecule has 0 radical (unpaired) electrons. The second kappa shape index (κ2) is 8.04. The number of fused-ring (bicyclic) bond motifs is 1. The Balaban J connectivity index is 1.52. The van der Waals surface area contributed by atoms with Gasteiger partial charge in [-0.15, -0.1) is 0 Å². The molecule has 2 aromatic rings. The summed E-state index contributed by atoms with van der Waals surface area (Å²) >= 11 is 5.90. The fraction of sp³-hybridized carbons (Fsp3) is 0.409. The van der Waals surface area contributed by atoms with Gasteiger partial charge in [0.25, 0.3) is 17.4 Å². The van der Waals surface area contributed by atoms with E-state index >= 15 is 0 Å². The van der Waals surface area contributed by atoms with Crippen LogP contribution in [-0.4, -0.2) is 53.8 Å². The lowest BCUT2D eigenvalue weighted by atomic mass is 10.1. The molecule has 1 saturated carbocycles. The van der Waals surface area contributed by atoms with Crippen molar-refractivity contribution in [2.75, 3.05) is 19.3 Å². The van der Waals surface area contributed by atoms with Gasteiger partial charge in [-0.25, -0.2) is 8.42 Å². The third-order valence-corrected chi connectivity index (χ3v) is 8.67. The fourth-order valence-corrected chi connectivity index (χ4v) is 5.40. The van der Waals surface area contributed by atoms with E-state index in [1.54, 1.807) is 31.2 Å². The van der Waals surface area contributed by atoms with Gasteiger partial charge in [0.15, 0.2) is 9.84 Å². The summed E-state index contributed by atoms with van der Waals surface area (Å²) < 4.78 is 24.6. The summed E-state index contributed by atoms with van der Waals surface area (Å²) in [6.07, 6.45) is 2.27. The van der Waals surface area contributed by atoms with Crippen molar-refractivity contribution in [1.82, 2.24) is 14.8 Å². The van der Waals surface area contributed by atoms with E-state index in [1.807, 2.05) is 0 Å². The van der Waals surface area contributed by atoms with Crippen LogP contribution in [0.5, 0.6) is 0 Å². The summed E-state index contributed by atoms with van der Waals surface area (Å²) in [4.78, 5) is 40.1. The normalized spacial score (nSPS) is 18.1. The maximum absolute atomic E-state index is 12.9. The number of sulfone groups is 1. The Kier molecular flexibility index (Phi) is 5.67. The summed E-state index contributed by atoms with van der Waals surface area (Å²) in [6.45, 7) is 2.34. The number of halogens is 1. The zero-order valence-corrected chi connectivity index (χ0v) is 19.4. The van der Waals surface area contributed by atoms with E-state index in [2.05, 4.69) is 5.32 Å². The molecule has 2 heterocycles. The van der Waals surface area contributed by atoms with Crippen LogP contribution in [0.25, 0.3) is 0 Å². The standard InChI is InChI=1S/C22H24ClN3O5S/c1-14(15-3-5-16(23)6-4-15)24-19(27)17-7-8-18-21(29)25(11-12-26(18)20(17)28)13-22(9-10-22)32(2,30)31/h3-8,14H,9-13H2,1-2H3,(H,24,27)/t14-/m1/s1. The van der Waals surface area contributed by atoms with Gasteiger partial charge in [-0.05, 0) is 49.6 Å². The van der Waals surface area contributed by atoms with Crippen molar-refractivity contribution in [1.29, 1.82) is 0 Å². The molecule has 1 fully saturated rings. The summed E-state index contributed by atoms with van der Waals surface area (Å²) in [6, 6.07) is 9.50. The highest BCUT2D eigenvalue weighted by Crippen LogP contribution is 2.44. The first-order chi connectivity index (χ1) is 15.0. The number of nitrogens with zero attached hydrogens (tertiary/aromatic N) is 2. The molecule has 1 N–H and O–H groups in total. The Labute approximate surface area is 191 Å². The van der Waals surface area contributed by atoms with Crippen LogP contribution in [0.15, 0.2) is 41.2 Å². The molecule has 1 aliphatic carbocycles. The molecule has 8 nitrogen and oxygen atoms in total. The number of carbonyl (C=O) groups is 2.